The number of nitrogens with one attached hydrogen (secondary N) is 1. The number of hydrazone groups is 1. The van der Waals surface area contributed by atoms with Crippen molar-refractivity contribution in [1.29, 1.82) is 0 Å². The second-order valence-corrected chi connectivity index (χ2v) is 6.98. The van der Waals surface area contributed by atoms with Crippen LogP contribution in [0, 0.1) is 5.82 Å². The molecule has 9 heteroatoms. The monoisotopic (exact) mass is 460 g/mol. The Morgan fingerprint density at radius 2 is 1.84 bits per heavy atom. The molecule has 0 heterocycles. The van der Waals surface area contributed by atoms with Crippen LogP contribution < -0.4 is 14.9 Å². The summed E-state index contributed by atoms with van der Waals surface area (Å²) in [6.07, 6.45) is 1.36. The summed E-state index contributed by atoms with van der Waals surface area (Å²) in [6.45, 7) is 0. The van der Waals surface area contributed by atoms with Crippen molar-refractivity contribution in [3.63, 3.8) is 0 Å². The van der Waals surface area contributed by atoms with Crippen LogP contribution in [0.3, 0.4) is 0 Å². The van der Waals surface area contributed by atoms with Crippen molar-refractivity contribution in [2.75, 3.05) is 7.11 Å². The molecule has 1 N–H and O–H groups in total. The van der Waals surface area contributed by atoms with Gasteiger partial charge in [-0.3, -0.25) is 4.79 Å². The number of methoxy groups -OCH3 is 1. The molecule has 6 nitrogen and oxygen atoms in total. The lowest BCUT2D eigenvalue weighted by atomic mass is 10.2. The third-order valence-electron chi connectivity index (χ3n) is 4.01. The van der Waals surface area contributed by atoms with Gasteiger partial charge in [0.2, 0.25) is 0 Å². The number of halogens is 3. The normalized spacial score (nSPS) is 10.7. The maximum Gasteiger partial charge on any atom is 0.345 e. The van der Waals surface area contributed by atoms with Gasteiger partial charge in [0.15, 0.2) is 11.5 Å². The lowest BCUT2D eigenvalue weighted by Crippen LogP contribution is -2.17. The first-order chi connectivity index (χ1) is 14.9. The smallest absolute Gasteiger partial charge is 0.345 e. The highest BCUT2D eigenvalue weighted by molar-refractivity contribution is 6.36. The highest BCUT2D eigenvalue weighted by Crippen LogP contribution is 2.29. The second kappa shape index (κ2) is 10.1. The van der Waals surface area contributed by atoms with E-state index in [4.69, 9.17) is 32.7 Å². The van der Waals surface area contributed by atoms with Gasteiger partial charge < -0.3 is 9.47 Å². The molecule has 0 aliphatic heterocycles. The third kappa shape index (κ3) is 5.81. The van der Waals surface area contributed by atoms with Gasteiger partial charge in [-0.25, -0.2) is 14.6 Å². The lowest BCUT2D eigenvalue weighted by Gasteiger charge is -2.10. The molecule has 0 unspecified atom stereocenters. The Hall–Kier alpha value is -3.42. The van der Waals surface area contributed by atoms with E-state index in [-0.39, 0.29) is 27.6 Å². The molecule has 3 aromatic rings. The van der Waals surface area contributed by atoms with Crippen molar-refractivity contribution < 1.29 is 23.5 Å². The Morgan fingerprint density at radius 1 is 1.03 bits per heavy atom. The van der Waals surface area contributed by atoms with E-state index in [1.54, 1.807) is 12.1 Å². The average Bonchev–Trinajstić information content (AvgIpc) is 2.74. The zero-order valence-corrected chi connectivity index (χ0v) is 17.6. The second-order valence-electron chi connectivity index (χ2n) is 6.13. The number of nitrogens with zero attached hydrogens (tertiary/aromatic N) is 1. The Bertz CT molecular complexity index is 1170. The highest BCUT2D eigenvalue weighted by Gasteiger charge is 2.16. The molecule has 0 atom stereocenters. The molecule has 0 radical (unpaired) electrons. The number of benzene rings is 3. The van der Waals surface area contributed by atoms with Crippen LogP contribution in [-0.2, 0) is 0 Å². The maximum atomic E-state index is 13.2. The minimum Gasteiger partial charge on any atom is -0.493 e. The van der Waals surface area contributed by atoms with Crippen LogP contribution in [0.5, 0.6) is 11.5 Å². The molecule has 0 saturated carbocycles. The van der Waals surface area contributed by atoms with Crippen molar-refractivity contribution in [3.05, 3.63) is 93.2 Å². The number of amides is 1. The van der Waals surface area contributed by atoms with Gasteiger partial charge in [0.05, 0.1) is 23.9 Å². The first-order valence-electron chi connectivity index (χ1n) is 8.81. The van der Waals surface area contributed by atoms with Crippen LogP contribution in [0.2, 0.25) is 10.0 Å². The standard InChI is InChI=1S/C22H15Cl2FN2O4/c1-30-20-9-13(12-26-27-21(28)14-3-2-4-16(25)10-14)5-8-19(20)31-22(29)17-7-6-15(23)11-18(17)24/h2-12H,1H3,(H,27,28)/b26-12-. The van der Waals surface area contributed by atoms with Crippen molar-refractivity contribution in [2.24, 2.45) is 5.10 Å². The van der Waals surface area contributed by atoms with Crippen LogP contribution in [-0.4, -0.2) is 25.2 Å². The van der Waals surface area contributed by atoms with Gasteiger partial charge in [-0.2, -0.15) is 5.10 Å². The summed E-state index contributed by atoms with van der Waals surface area (Å²) in [5.74, 6) is -1.33. The molecule has 0 aliphatic rings. The summed E-state index contributed by atoms with van der Waals surface area (Å²) < 4.78 is 23.8. The lowest BCUT2D eigenvalue weighted by molar-refractivity contribution is 0.0729. The molecule has 0 spiro atoms. The SMILES string of the molecule is COc1cc(/C=N\NC(=O)c2cccc(F)c2)ccc1OC(=O)c1ccc(Cl)cc1Cl. The van der Waals surface area contributed by atoms with Gasteiger partial charge in [0.25, 0.3) is 5.91 Å². The number of hydrogen-bond acceptors (Lipinski definition) is 5. The molecule has 0 saturated heterocycles. The van der Waals surface area contributed by atoms with Crippen molar-refractivity contribution in [2.45, 2.75) is 0 Å². The highest BCUT2D eigenvalue weighted by atomic mass is 35.5. The first-order valence-corrected chi connectivity index (χ1v) is 9.57. The summed E-state index contributed by atoms with van der Waals surface area (Å²) in [5, 5.41) is 4.40. The molecule has 3 rings (SSSR count). The molecular weight excluding hydrogens is 446 g/mol. The Labute approximate surface area is 187 Å². The number of hydrogen-bond donors (Lipinski definition) is 1. The fraction of sp³-hybridized carbons (Fsp3) is 0.0455. The van der Waals surface area contributed by atoms with Gasteiger partial charge >= 0.3 is 5.97 Å². The molecule has 31 heavy (non-hydrogen) atoms. The average molecular weight is 461 g/mol. The number of carbonyl (C=O) groups excluding carboxylic acids is 2. The predicted molar refractivity (Wildman–Crippen MR) is 116 cm³/mol. The van der Waals surface area contributed by atoms with Gasteiger partial charge in [-0.15, -0.1) is 0 Å². The van der Waals surface area contributed by atoms with Crippen LogP contribution in [0.25, 0.3) is 0 Å². The van der Waals surface area contributed by atoms with Crippen molar-refractivity contribution in [3.8, 4) is 11.5 Å². The predicted octanol–water partition coefficient (Wildman–Crippen LogP) is 5.12. The van der Waals surface area contributed by atoms with Crippen molar-refractivity contribution in [1.82, 2.24) is 5.43 Å². The number of ether oxygens (including phenoxy) is 2. The number of esters is 1. The summed E-state index contributed by atoms with van der Waals surface area (Å²) in [4.78, 5) is 24.4. The fourth-order valence-corrected chi connectivity index (χ4v) is 3.00. The molecular formula is C22H15Cl2FN2O4. The van der Waals surface area contributed by atoms with E-state index in [0.29, 0.717) is 10.6 Å². The van der Waals surface area contributed by atoms with E-state index in [1.807, 2.05) is 0 Å². The Kier molecular flexibility index (Phi) is 7.23. The van der Waals surface area contributed by atoms with Crippen molar-refractivity contribution >= 4 is 41.3 Å². The molecule has 0 aromatic heterocycles. The van der Waals surface area contributed by atoms with E-state index in [0.717, 1.165) is 6.07 Å². The summed E-state index contributed by atoms with van der Waals surface area (Å²) in [6, 6.07) is 14.3. The van der Waals surface area contributed by atoms with Crippen LogP contribution >= 0.6 is 23.2 Å². The zero-order valence-electron chi connectivity index (χ0n) is 16.1. The topological polar surface area (TPSA) is 77.0 Å². The zero-order chi connectivity index (χ0) is 22.4. The summed E-state index contributed by atoms with van der Waals surface area (Å²) in [5.41, 5.74) is 3.15. The molecule has 0 fully saturated rings. The third-order valence-corrected chi connectivity index (χ3v) is 4.56. The van der Waals surface area contributed by atoms with Gasteiger partial charge in [0.1, 0.15) is 5.82 Å². The molecule has 0 bridgehead atoms. The van der Waals surface area contributed by atoms with Crippen LogP contribution in [0.15, 0.2) is 65.8 Å². The fourth-order valence-electron chi connectivity index (χ4n) is 2.52. The molecule has 158 valence electrons. The van der Waals surface area contributed by atoms with E-state index in [2.05, 4.69) is 10.5 Å². The molecule has 1 amide bonds. The van der Waals surface area contributed by atoms with Gasteiger partial charge in [-0.05, 0) is 60.2 Å². The summed E-state index contributed by atoms with van der Waals surface area (Å²) in [7, 11) is 1.41. The first kappa shape index (κ1) is 22.3. The van der Waals surface area contributed by atoms with Crippen LogP contribution in [0.1, 0.15) is 26.3 Å². The quantitative estimate of drug-likeness (QED) is 0.239. The Balaban J connectivity index is 1.70. The van der Waals surface area contributed by atoms with E-state index in [9.17, 15) is 14.0 Å². The molecule has 3 aromatic carbocycles. The van der Waals surface area contributed by atoms with Gasteiger partial charge in [-0.1, -0.05) is 29.3 Å². The van der Waals surface area contributed by atoms with E-state index >= 15 is 0 Å². The van der Waals surface area contributed by atoms with E-state index in [1.165, 1.54) is 55.8 Å². The Morgan fingerprint density at radius 3 is 2.55 bits per heavy atom. The molecule has 0 aliphatic carbocycles. The van der Waals surface area contributed by atoms with E-state index < -0.39 is 17.7 Å². The minimum absolute atomic E-state index is 0.137. The largest absolute Gasteiger partial charge is 0.493 e. The maximum absolute atomic E-state index is 13.2. The minimum atomic E-state index is -0.677. The van der Waals surface area contributed by atoms with Crippen LogP contribution in [0.4, 0.5) is 4.39 Å². The summed E-state index contributed by atoms with van der Waals surface area (Å²) >= 11 is 11.9. The van der Waals surface area contributed by atoms with Gasteiger partial charge in [0, 0.05) is 10.6 Å². The number of rotatable bonds is 6. The number of carbonyl (C=O) groups is 2.